The molecule has 0 saturated carbocycles. The van der Waals surface area contributed by atoms with Crippen molar-refractivity contribution in [3.63, 3.8) is 0 Å². The van der Waals surface area contributed by atoms with Gasteiger partial charge in [-0.3, -0.25) is 0 Å². The third-order valence-corrected chi connectivity index (χ3v) is 8.66. The highest BCUT2D eigenvalue weighted by Crippen LogP contribution is 2.39. The van der Waals surface area contributed by atoms with Crippen molar-refractivity contribution in [2.45, 2.75) is 31.7 Å². The van der Waals surface area contributed by atoms with Gasteiger partial charge in [0.15, 0.2) is 11.6 Å². The number of pyridine rings is 1. The molecule has 2 aliphatic rings. The molecule has 1 N–H and O–H groups in total. The molecule has 0 bridgehead atoms. The minimum absolute atomic E-state index is 0.413. The topological polar surface area (TPSA) is 79.9 Å². The Morgan fingerprint density at radius 2 is 1.52 bits per heavy atom. The summed E-state index contributed by atoms with van der Waals surface area (Å²) in [4.78, 5) is 26.2. The van der Waals surface area contributed by atoms with Crippen LogP contribution in [0.5, 0.6) is 0 Å². The first-order valence-corrected chi connectivity index (χ1v) is 15.2. The quantitative estimate of drug-likeness (QED) is 0.206. The number of para-hydroxylation sites is 1. The molecule has 44 heavy (non-hydrogen) atoms. The zero-order valence-corrected chi connectivity index (χ0v) is 24.9. The number of carbonyl (C=O) groups excluding carboxylic acids is 1. The molecule has 2 aliphatic heterocycles. The van der Waals surface area contributed by atoms with E-state index in [-0.39, 0.29) is 0 Å². The molecule has 4 heterocycles. The lowest BCUT2D eigenvalue weighted by atomic mass is 10.0. The molecule has 224 valence electrons. The largest absolute Gasteiger partial charge is 0.465 e. The number of benzene rings is 3. The number of ether oxygens (including phenoxy) is 3. The molecule has 8 heteroatoms. The summed E-state index contributed by atoms with van der Waals surface area (Å²) < 4.78 is 17.1. The lowest BCUT2D eigenvalue weighted by molar-refractivity contribution is -0.169. The number of aromatic nitrogens is 2. The van der Waals surface area contributed by atoms with E-state index in [2.05, 4.69) is 93.6 Å². The molecular weight excluding hydrogens is 552 g/mol. The van der Waals surface area contributed by atoms with Gasteiger partial charge in [0.1, 0.15) is 0 Å². The number of nitrogens with one attached hydrogen (secondary N) is 1. The van der Waals surface area contributed by atoms with Crippen molar-refractivity contribution in [3.8, 4) is 11.3 Å². The molecule has 3 aromatic carbocycles. The summed E-state index contributed by atoms with van der Waals surface area (Å²) in [5.74, 6) is -0.0771. The lowest BCUT2D eigenvalue weighted by Gasteiger charge is -2.39. The van der Waals surface area contributed by atoms with E-state index < -0.39 is 11.8 Å². The van der Waals surface area contributed by atoms with Crippen LogP contribution in [-0.2, 0) is 27.3 Å². The molecule has 0 radical (unpaired) electrons. The van der Waals surface area contributed by atoms with Gasteiger partial charge in [-0.15, -0.1) is 0 Å². The fraction of sp³-hybridized carbons (Fsp3) is 0.278. The highest BCUT2D eigenvalue weighted by Gasteiger charge is 2.40. The van der Waals surface area contributed by atoms with Gasteiger partial charge in [-0.2, -0.15) is 0 Å². The van der Waals surface area contributed by atoms with E-state index in [0.717, 1.165) is 59.6 Å². The van der Waals surface area contributed by atoms with Gasteiger partial charge in [-0.05, 0) is 23.3 Å². The van der Waals surface area contributed by atoms with Crippen LogP contribution >= 0.6 is 0 Å². The van der Waals surface area contributed by atoms with Crippen molar-refractivity contribution in [2.75, 3.05) is 43.2 Å². The average molecular weight is 589 g/mol. The summed E-state index contributed by atoms with van der Waals surface area (Å²) in [6.45, 7) is 4.30. The fourth-order valence-corrected chi connectivity index (χ4v) is 6.43. The number of fused-ring (bicyclic) bond motifs is 1. The zero-order chi connectivity index (χ0) is 29.9. The summed E-state index contributed by atoms with van der Waals surface area (Å²) in [5.41, 5.74) is 6.69. The smallest absolute Gasteiger partial charge is 0.340 e. The normalized spacial score (nSPS) is 16.0. The molecule has 0 unspecified atom stereocenters. The Bertz CT molecular complexity index is 1700. The first-order valence-electron chi connectivity index (χ1n) is 15.2. The van der Waals surface area contributed by atoms with Crippen molar-refractivity contribution < 1.29 is 19.0 Å². The van der Waals surface area contributed by atoms with Gasteiger partial charge in [-0.1, -0.05) is 78.9 Å². The summed E-state index contributed by atoms with van der Waals surface area (Å²) in [5, 5.41) is 0.781. The minimum Gasteiger partial charge on any atom is -0.465 e. The maximum absolute atomic E-state index is 13.0. The number of hydrogen-bond acceptors (Lipinski definition) is 7. The molecule has 0 amide bonds. The molecule has 0 atom stereocenters. The maximum Gasteiger partial charge on any atom is 0.340 e. The van der Waals surface area contributed by atoms with E-state index in [0.29, 0.717) is 31.9 Å². The highest BCUT2D eigenvalue weighted by molar-refractivity contribution is 6.08. The van der Waals surface area contributed by atoms with Gasteiger partial charge in [0, 0.05) is 67.5 Å². The molecule has 5 aromatic rings. The van der Waals surface area contributed by atoms with Gasteiger partial charge >= 0.3 is 5.97 Å². The number of aromatic amines is 1. The van der Waals surface area contributed by atoms with E-state index in [4.69, 9.17) is 19.2 Å². The average Bonchev–Trinajstić information content (AvgIpc) is 3.73. The van der Waals surface area contributed by atoms with E-state index >= 15 is 0 Å². The van der Waals surface area contributed by atoms with Crippen molar-refractivity contribution >= 4 is 28.4 Å². The highest BCUT2D eigenvalue weighted by atomic mass is 16.7. The lowest BCUT2D eigenvalue weighted by Crippen LogP contribution is -2.45. The number of esters is 1. The monoisotopic (exact) mass is 588 g/mol. The molecule has 2 aromatic heterocycles. The Hall–Kier alpha value is -4.66. The molecule has 7 rings (SSSR count). The first kappa shape index (κ1) is 28.1. The minimum atomic E-state index is -0.441. The van der Waals surface area contributed by atoms with Crippen molar-refractivity contribution in [2.24, 2.45) is 0 Å². The third-order valence-electron chi connectivity index (χ3n) is 8.66. The van der Waals surface area contributed by atoms with Crippen molar-refractivity contribution in [1.29, 1.82) is 0 Å². The molecule has 2 saturated heterocycles. The second kappa shape index (κ2) is 12.1. The van der Waals surface area contributed by atoms with Gasteiger partial charge in [0.25, 0.3) is 0 Å². The first-order chi connectivity index (χ1) is 21.6. The van der Waals surface area contributed by atoms with Crippen LogP contribution in [-0.4, -0.2) is 55.1 Å². The van der Waals surface area contributed by atoms with Crippen LogP contribution in [0.4, 0.5) is 11.5 Å². The Morgan fingerprint density at radius 3 is 2.16 bits per heavy atom. The number of methoxy groups -OCH3 is 1. The number of rotatable bonds is 8. The van der Waals surface area contributed by atoms with E-state index in [1.165, 1.54) is 18.2 Å². The number of nitrogens with zero attached hydrogens (tertiary/aromatic N) is 3. The van der Waals surface area contributed by atoms with E-state index in [9.17, 15) is 4.79 Å². The summed E-state index contributed by atoms with van der Waals surface area (Å²) in [6.07, 6.45) is 3.28. The predicted molar refractivity (Wildman–Crippen MR) is 172 cm³/mol. The molecule has 0 aliphatic carbocycles. The van der Waals surface area contributed by atoms with Gasteiger partial charge in [0.05, 0.1) is 31.4 Å². The van der Waals surface area contributed by atoms with Gasteiger partial charge in [-0.25, -0.2) is 9.78 Å². The fourth-order valence-electron chi connectivity index (χ4n) is 6.43. The van der Waals surface area contributed by atoms with Crippen molar-refractivity contribution in [3.05, 3.63) is 114 Å². The molecule has 2 fully saturated rings. The van der Waals surface area contributed by atoms with Gasteiger partial charge in [0.2, 0.25) is 0 Å². The number of piperidine rings is 1. The molecule has 8 nitrogen and oxygen atoms in total. The molecular formula is C36H36N4O4. The number of anilines is 2. The number of H-pyrrole nitrogens is 1. The molecule has 1 spiro atoms. The van der Waals surface area contributed by atoms with E-state index in [1.807, 2.05) is 12.1 Å². The number of hydrogen-bond donors (Lipinski definition) is 1. The predicted octanol–water partition coefficient (Wildman–Crippen LogP) is 6.57. The number of carbonyl (C=O) groups is 1. The SMILES string of the molecule is COC(=O)c1cnc(N(Cc2ccccc2)Cc2ccccc2)c2[nH]c(-c3ccccc3N3CCC4(CC3)OCCO4)cc12. The van der Waals surface area contributed by atoms with Gasteiger partial charge < -0.3 is 29.0 Å². The Kier molecular flexibility index (Phi) is 7.77. The zero-order valence-electron chi connectivity index (χ0n) is 24.9. The standard InChI is InChI=1S/C36H36N4O4/c1-42-35(41)30-23-37-34(40(24-26-10-4-2-5-11-26)25-27-12-6-3-7-13-27)33-29(30)22-31(38-33)28-14-8-9-15-32(28)39-18-16-36(17-19-39)43-20-21-44-36/h2-15,22-23,38H,16-21,24-25H2,1H3. The van der Waals surface area contributed by atoms with Crippen LogP contribution in [0.15, 0.2) is 97.2 Å². The van der Waals surface area contributed by atoms with Crippen LogP contribution in [0.3, 0.4) is 0 Å². The second-order valence-corrected chi connectivity index (χ2v) is 11.4. The Labute approximate surface area is 257 Å². The summed E-state index contributed by atoms with van der Waals surface area (Å²) in [7, 11) is 1.41. The van der Waals surface area contributed by atoms with Crippen LogP contribution in [0, 0.1) is 0 Å². The van der Waals surface area contributed by atoms with Crippen molar-refractivity contribution in [1.82, 2.24) is 9.97 Å². The second-order valence-electron chi connectivity index (χ2n) is 11.4. The van der Waals surface area contributed by atoms with Crippen LogP contribution in [0.1, 0.15) is 34.3 Å². The summed E-state index contributed by atoms with van der Waals surface area (Å²) >= 11 is 0. The van der Waals surface area contributed by atoms with Crippen LogP contribution in [0.2, 0.25) is 0 Å². The van der Waals surface area contributed by atoms with Crippen LogP contribution in [0.25, 0.3) is 22.2 Å². The maximum atomic E-state index is 13.0. The summed E-state index contributed by atoms with van der Waals surface area (Å²) in [6, 6.07) is 31.2. The third kappa shape index (κ3) is 5.54. The Morgan fingerprint density at radius 1 is 0.909 bits per heavy atom. The van der Waals surface area contributed by atoms with E-state index in [1.54, 1.807) is 6.20 Å². The Balaban J connectivity index is 1.31. The van der Waals surface area contributed by atoms with Crippen LogP contribution < -0.4 is 9.80 Å².